The Kier molecular flexibility index (Phi) is 5.60. The Morgan fingerprint density at radius 1 is 1.14 bits per heavy atom. The number of aliphatic carboxylic acids is 1. The summed E-state index contributed by atoms with van der Waals surface area (Å²) in [6.07, 6.45) is -1.43. The third kappa shape index (κ3) is 3.51. The molecule has 6 nitrogen and oxygen atoms in total. The van der Waals surface area contributed by atoms with Gasteiger partial charge in [-0.1, -0.05) is 47.6 Å². The Bertz CT molecular complexity index is 852. The van der Waals surface area contributed by atoms with Gasteiger partial charge in [-0.3, -0.25) is 4.79 Å². The highest BCUT2D eigenvalue weighted by molar-refractivity contribution is 6.03. The molecule has 1 unspecified atom stereocenters. The molecule has 1 aromatic rings. The van der Waals surface area contributed by atoms with Crippen molar-refractivity contribution in [1.29, 1.82) is 0 Å². The number of aryl methyl sites for hydroxylation is 1. The van der Waals surface area contributed by atoms with Crippen LogP contribution in [0, 0.1) is 35.4 Å². The average Bonchev–Trinajstić information content (AvgIpc) is 2.80. The van der Waals surface area contributed by atoms with Crippen LogP contribution in [0.1, 0.15) is 52.7 Å². The largest absolute Gasteiger partial charge is 0.479 e. The third-order valence-electron chi connectivity index (χ3n) is 6.08. The van der Waals surface area contributed by atoms with E-state index in [4.69, 9.17) is 0 Å². The highest BCUT2D eigenvalue weighted by Crippen LogP contribution is 2.57. The van der Waals surface area contributed by atoms with E-state index in [9.17, 15) is 29.0 Å². The van der Waals surface area contributed by atoms with Gasteiger partial charge in [-0.05, 0) is 47.4 Å². The minimum atomic E-state index is -1.94. The van der Waals surface area contributed by atoms with E-state index < -0.39 is 52.0 Å². The number of nitrogens with zero attached hydrogens (tertiary/aromatic N) is 1. The molecule has 1 aliphatic heterocycles. The maximum Gasteiger partial charge on any atom is 0.415 e. The van der Waals surface area contributed by atoms with Gasteiger partial charge in [-0.25, -0.2) is 18.9 Å². The second kappa shape index (κ2) is 7.11. The van der Waals surface area contributed by atoms with Crippen LogP contribution in [0.25, 0.3) is 0 Å². The zero-order valence-electron chi connectivity index (χ0n) is 18.0. The molecule has 160 valence electrons. The predicted octanol–water partition coefficient (Wildman–Crippen LogP) is 4.34. The van der Waals surface area contributed by atoms with Gasteiger partial charge in [0.05, 0.1) is 0 Å². The number of imide groups is 1. The summed E-state index contributed by atoms with van der Waals surface area (Å²) in [7, 11) is 0. The Morgan fingerprint density at radius 2 is 1.69 bits per heavy atom. The molecule has 3 atom stereocenters. The first kappa shape index (κ1) is 22.8. The van der Waals surface area contributed by atoms with Gasteiger partial charge in [0, 0.05) is 11.8 Å². The zero-order valence-corrected chi connectivity index (χ0v) is 18.0. The molecule has 0 saturated carbocycles. The van der Waals surface area contributed by atoms with Crippen LogP contribution in [0.2, 0.25) is 0 Å². The number of carboxylic acids is 1. The van der Waals surface area contributed by atoms with Gasteiger partial charge in [0.1, 0.15) is 5.82 Å². The van der Waals surface area contributed by atoms with E-state index in [0.717, 1.165) is 0 Å². The lowest BCUT2D eigenvalue weighted by molar-refractivity contribution is -0.166. The van der Waals surface area contributed by atoms with Crippen LogP contribution in [0.4, 0.5) is 9.18 Å². The van der Waals surface area contributed by atoms with Gasteiger partial charge in [0.25, 0.3) is 0 Å². The maximum absolute atomic E-state index is 13.5. The van der Waals surface area contributed by atoms with Crippen LogP contribution in [0.15, 0.2) is 18.2 Å². The smallest absolute Gasteiger partial charge is 0.415 e. The number of amides is 2. The molecule has 7 heteroatoms. The molecular formula is C22H30FNO5. The van der Waals surface area contributed by atoms with E-state index in [2.05, 4.69) is 0 Å². The number of benzene rings is 1. The second-order valence-electron chi connectivity index (χ2n) is 10.0. The third-order valence-corrected chi connectivity index (χ3v) is 6.08. The van der Waals surface area contributed by atoms with Crippen LogP contribution >= 0.6 is 0 Å². The Morgan fingerprint density at radius 3 is 2.07 bits per heavy atom. The van der Waals surface area contributed by atoms with Crippen LogP contribution < -0.4 is 0 Å². The Hall–Kier alpha value is -2.44. The fourth-order valence-corrected chi connectivity index (χ4v) is 5.07. The molecule has 1 saturated heterocycles. The van der Waals surface area contributed by atoms with Crippen molar-refractivity contribution in [2.75, 3.05) is 0 Å². The van der Waals surface area contributed by atoms with E-state index >= 15 is 0 Å². The first-order valence-electron chi connectivity index (χ1n) is 9.62. The molecule has 1 aliphatic rings. The lowest BCUT2D eigenvalue weighted by Gasteiger charge is -2.50. The standard InChI is InChI=1S/C22H30FNO5/c1-12-10-14(23)9-8-13(12)11-15-16(20(2,3)4)22(18(26)27,21(5,6)7)24(17(15)25)19(28)29/h8-10,15-16H,11H2,1-7H3,(H,26,27)(H,28,29)/t15-,16?,22-/m1/s1. The molecular weight excluding hydrogens is 377 g/mol. The number of carbonyl (C=O) groups is 3. The molecule has 1 fully saturated rings. The van der Waals surface area contributed by atoms with E-state index in [0.29, 0.717) is 16.0 Å². The van der Waals surface area contributed by atoms with Gasteiger partial charge >= 0.3 is 12.1 Å². The number of rotatable bonds is 3. The van der Waals surface area contributed by atoms with E-state index in [-0.39, 0.29) is 6.42 Å². The van der Waals surface area contributed by atoms with Crippen molar-refractivity contribution in [2.24, 2.45) is 22.7 Å². The summed E-state index contributed by atoms with van der Waals surface area (Å²) in [6, 6.07) is 4.21. The monoisotopic (exact) mass is 407 g/mol. The normalized spacial score (nSPS) is 25.4. The van der Waals surface area contributed by atoms with Crippen LogP contribution in [0.5, 0.6) is 0 Å². The summed E-state index contributed by atoms with van der Waals surface area (Å²) in [5.74, 6) is -4.12. The van der Waals surface area contributed by atoms with Crippen molar-refractivity contribution in [3.8, 4) is 0 Å². The molecule has 1 heterocycles. The van der Waals surface area contributed by atoms with Gasteiger partial charge in [0.15, 0.2) is 5.54 Å². The number of likely N-dealkylation sites (tertiary alicyclic amines) is 1. The van der Waals surface area contributed by atoms with Crippen LogP contribution in [-0.4, -0.2) is 38.6 Å². The van der Waals surface area contributed by atoms with E-state index in [1.54, 1.807) is 33.8 Å². The number of carbonyl (C=O) groups excluding carboxylic acids is 1. The molecule has 2 amide bonds. The van der Waals surface area contributed by atoms with Crippen molar-refractivity contribution in [3.05, 3.63) is 35.1 Å². The van der Waals surface area contributed by atoms with Gasteiger partial charge in [-0.2, -0.15) is 0 Å². The van der Waals surface area contributed by atoms with Crippen LogP contribution in [0.3, 0.4) is 0 Å². The minimum absolute atomic E-state index is 0.141. The minimum Gasteiger partial charge on any atom is -0.479 e. The summed E-state index contributed by atoms with van der Waals surface area (Å²) in [5.41, 5.74) is -2.36. The molecule has 0 bridgehead atoms. The highest BCUT2D eigenvalue weighted by Gasteiger charge is 2.72. The molecule has 0 aliphatic carbocycles. The predicted molar refractivity (Wildman–Crippen MR) is 106 cm³/mol. The summed E-state index contributed by atoms with van der Waals surface area (Å²) < 4.78 is 13.5. The summed E-state index contributed by atoms with van der Waals surface area (Å²) >= 11 is 0. The molecule has 2 rings (SSSR count). The first-order chi connectivity index (χ1) is 13.1. The van der Waals surface area contributed by atoms with Crippen LogP contribution in [-0.2, 0) is 16.0 Å². The molecule has 1 aromatic carbocycles. The quantitative estimate of drug-likeness (QED) is 0.777. The Balaban J connectivity index is 2.79. The van der Waals surface area contributed by atoms with Gasteiger partial charge in [0.2, 0.25) is 5.91 Å². The van der Waals surface area contributed by atoms with Gasteiger partial charge in [-0.15, -0.1) is 0 Å². The number of hydrogen-bond acceptors (Lipinski definition) is 3. The van der Waals surface area contributed by atoms with Crippen molar-refractivity contribution >= 4 is 18.0 Å². The summed E-state index contributed by atoms with van der Waals surface area (Å²) in [4.78, 5) is 38.7. The van der Waals surface area contributed by atoms with Crippen molar-refractivity contribution in [1.82, 2.24) is 4.90 Å². The average molecular weight is 407 g/mol. The van der Waals surface area contributed by atoms with E-state index in [1.165, 1.54) is 12.1 Å². The van der Waals surface area contributed by atoms with Crippen molar-refractivity contribution in [3.63, 3.8) is 0 Å². The summed E-state index contributed by atoms with van der Waals surface area (Å²) in [6.45, 7) is 12.1. The highest BCUT2D eigenvalue weighted by atomic mass is 19.1. The zero-order chi connectivity index (χ0) is 22.5. The molecule has 0 spiro atoms. The first-order valence-corrected chi connectivity index (χ1v) is 9.62. The molecule has 0 aromatic heterocycles. The number of carboxylic acid groups (broad SMARTS) is 2. The SMILES string of the molecule is Cc1cc(F)ccc1C[C@H]1C(=O)N(C(=O)O)[C@](C(=O)O)(C(C)(C)C)C1C(C)(C)C. The van der Waals surface area contributed by atoms with Gasteiger partial charge < -0.3 is 10.2 Å². The fraction of sp³-hybridized carbons (Fsp3) is 0.591. The topological polar surface area (TPSA) is 94.9 Å². The lowest BCUT2D eigenvalue weighted by atomic mass is 9.56. The maximum atomic E-state index is 13.5. The Labute approximate surface area is 170 Å². The number of halogens is 1. The van der Waals surface area contributed by atoms with Crippen molar-refractivity contribution < 1.29 is 29.0 Å². The van der Waals surface area contributed by atoms with E-state index in [1.807, 2.05) is 20.8 Å². The molecule has 2 N–H and O–H groups in total. The number of hydrogen-bond donors (Lipinski definition) is 2. The second-order valence-corrected chi connectivity index (χ2v) is 10.0. The van der Waals surface area contributed by atoms with Crippen molar-refractivity contribution in [2.45, 2.75) is 60.4 Å². The lowest BCUT2D eigenvalue weighted by Crippen LogP contribution is -2.66. The molecule has 29 heavy (non-hydrogen) atoms. The summed E-state index contributed by atoms with van der Waals surface area (Å²) in [5, 5.41) is 20.2. The fourth-order valence-electron chi connectivity index (χ4n) is 5.07. The molecule has 0 radical (unpaired) electrons.